The predicted octanol–water partition coefficient (Wildman–Crippen LogP) is 0.888. The maximum absolute atomic E-state index is 2.68. The van der Waals surface area contributed by atoms with Gasteiger partial charge in [-0.1, -0.05) is 0 Å². The molecule has 2 heteroatoms. The van der Waals surface area contributed by atoms with E-state index < -0.39 is 0 Å². The van der Waals surface area contributed by atoms with E-state index in [4.69, 9.17) is 0 Å². The van der Waals surface area contributed by atoms with Gasteiger partial charge in [0.25, 0.3) is 0 Å². The molecule has 1 saturated heterocycles. The van der Waals surface area contributed by atoms with Crippen LogP contribution in [0.2, 0.25) is 0 Å². The third-order valence-electron chi connectivity index (χ3n) is 6.19. The molecule has 0 amide bonds. The van der Waals surface area contributed by atoms with E-state index in [2.05, 4.69) is 53.7 Å². The second kappa shape index (κ2) is 10.1. The van der Waals surface area contributed by atoms with Crippen molar-refractivity contribution in [2.24, 2.45) is 23.2 Å². The van der Waals surface area contributed by atoms with E-state index in [9.17, 15) is 0 Å². The normalized spacial score (nSPS) is 33.5. The van der Waals surface area contributed by atoms with Crippen LogP contribution >= 0.6 is 0 Å². The minimum atomic E-state index is 0.387. The Morgan fingerprint density at radius 3 is 2.40 bits per heavy atom. The van der Waals surface area contributed by atoms with Crippen molar-refractivity contribution in [3.05, 3.63) is 12.2 Å². The second-order valence-electron chi connectivity index (χ2n) is 9.29. The Morgan fingerprint density at radius 2 is 1.80 bits per heavy atom. The molecule has 1 aliphatic carbocycles. The zero-order chi connectivity index (χ0) is 18.5. The molecule has 0 aromatic carbocycles. The van der Waals surface area contributed by atoms with Crippen LogP contribution in [0.1, 0.15) is 92.9 Å². The van der Waals surface area contributed by atoms with E-state index in [0.717, 1.165) is 23.1 Å². The first kappa shape index (κ1) is 22.5. The molecule has 0 aromatic rings. The topological polar surface area (TPSA) is 0 Å². The molecule has 0 N–H and O–H groups in total. The van der Waals surface area contributed by atoms with Crippen molar-refractivity contribution in [1.29, 1.82) is 0 Å². The van der Waals surface area contributed by atoms with Crippen LogP contribution in [-0.4, -0.2) is 9.78 Å². The van der Waals surface area contributed by atoms with Crippen LogP contribution in [0.3, 0.4) is 0 Å². The van der Waals surface area contributed by atoms with E-state index in [1.54, 1.807) is 17.3 Å². The molecular weight excluding hydrogens is 530 g/mol. The first-order chi connectivity index (χ1) is 11.8. The van der Waals surface area contributed by atoms with Crippen molar-refractivity contribution in [3.63, 3.8) is 0 Å². The molecule has 2 aliphatic rings. The van der Waals surface area contributed by atoms with Crippen LogP contribution in [0.4, 0.5) is 0 Å². The molecular formula is C23H42I2-2. The van der Waals surface area contributed by atoms with Gasteiger partial charge in [-0.2, -0.15) is 0 Å². The fraction of sp³-hybridized carbons (Fsp3) is 0.913. The maximum atomic E-state index is 2.68. The summed E-state index contributed by atoms with van der Waals surface area (Å²) in [6.07, 6.45) is 16.3. The molecule has 2 rings (SSSR count). The van der Waals surface area contributed by atoms with Crippen molar-refractivity contribution in [2.45, 2.75) is 98.3 Å². The van der Waals surface area contributed by atoms with Crippen molar-refractivity contribution in [3.8, 4) is 0 Å². The summed E-state index contributed by atoms with van der Waals surface area (Å²) in [6, 6.07) is 0. The molecule has 0 aromatic heterocycles. The average Bonchev–Trinajstić information content (AvgIpc) is 3.09. The quantitative estimate of drug-likeness (QED) is 0.196. The molecule has 0 nitrogen and oxygen atoms in total. The van der Waals surface area contributed by atoms with Gasteiger partial charge in [-0.15, -0.1) is 0 Å². The molecule has 1 saturated carbocycles. The number of alkyl halides is 4. The Kier molecular flexibility index (Phi) is 9.10. The zero-order valence-electron chi connectivity index (χ0n) is 17.6. The van der Waals surface area contributed by atoms with Gasteiger partial charge in [-0.05, 0) is 0 Å². The average molecular weight is 572 g/mol. The summed E-state index contributed by atoms with van der Waals surface area (Å²) in [4.78, 5) is 0. The van der Waals surface area contributed by atoms with Crippen LogP contribution in [-0.2, 0) is 0 Å². The van der Waals surface area contributed by atoms with Crippen molar-refractivity contribution >= 4 is 0 Å². The Balaban J connectivity index is 1.87. The fourth-order valence-corrected chi connectivity index (χ4v) is 19.4. The summed E-state index contributed by atoms with van der Waals surface area (Å²) in [5, 5.41) is 0. The summed E-state index contributed by atoms with van der Waals surface area (Å²) in [5.41, 5.74) is 0.630. The molecule has 4 unspecified atom stereocenters. The van der Waals surface area contributed by atoms with Crippen molar-refractivity contribution < 1.29 is 42.4 Å². The van der Waals surface area contributed by atoms with Crippen LogP contribution in [0.15, 0.2) is 12.2 Å². The van der Waals surface area contributed by atoms with Gasteiger partial charge in [0.15, 0.2) is 0 Å². The molecule has 2 fully saturated rings. The Labute approximate surface area is 179 Å². The van der Waals surface area contributed by atoms with Gasteiger partial charge >= 0.3 is 180 Å². The fourth-order valence-electron chi connectivity index (χ4n) is 4.31. The number of hydrogen-bond donors (Lipinski definition) is 0. The molecule has 1 aliphatic heterocycles. The van der Waals surface area contributed by atoms with Gasteiger partial charge < -0.3 is 0 Å². The molecule has 1 heterocycles. The van der Waals surface area contributed by atoms with Crippen molar-refractivity contribution in [2.75, 3.05) is 4.43 Å². The Hall–Kier alpha value is 1.20. The van der Waals surface area contributed by atoms with Gasteiger partial charge in [0.2, 0.25) is 0 Å². The third kappa shape index (κ3) is 6.09. The molecule has 25 heavy (non-hydrogen) atoms. The zero-order valence-corrected chi connectivity index (χ0v) is 21.9. The number of allylic oxidation sites excluding steroid dienone is 2. The monoisotopic (exact) mass is 572 g/mol. The van der Waals surface area contributed by atoms with Crippen LogP contribution < -0.4 is 42.4 Å². The first-order valence-electron chi connectivity index (χ1n) is 10.7. The number of hydrogen-bond acceptors (Lipinski definition) is 0. The van der Waals surface area contributed by atoms with Gasteiger partial charge in [0.1, 0.15) is 0 Å². The van der Waals surface area contributed by atoms with E-state index in [1.165, 1.54) is 38.5 Å². The van der Waals surface area contributed by atoms with Crippen LogP contribution in [0, 0.1) is 23.2 Å². The summed E-state index contributed by atoms with van der Waals surface area (Å²) < 4.78 is 3.63. The SMILES string of the molecule is CCC/C=C\CCC1CC1CC(C)(C)C1(CCC)[I-]CC(C(C)C)[I-]1. The molecule has 0 bridgehead atoms. The van der Waals surface area contributed by atoms with Gasteiger partial charge in [-0.3, -0.25) is 0 Å². The molecule has 150 valence electrons. The summed E-state index contributed by atoms with van der Waals surface area (Å²) in [6.45, 7) is 15.1. The molecule has 4 atom stereocenters. The van der Waals surface area contributed by atoms with Crippen LogP contribution in [0.25, 0.3) is 0 Å². The van der Waals surface area contributed by atoms with E-state index in [-0.39, 0.29) is 0 Å². The molecule has 0 radical (unpaired) electrons. The number of halogens is 2. The van der Waals surface area contributed by atoms with Gasteiger partial charge in [0.05, 0.1) is 0 Å². The number of unbranched alkanes of at least 4 members (excludes halogenated alkanes) is 1. The summed E-state index contributed by atoms with van der Waals surface area (Å²) in [5.74, 6) is 3.07. The first-order valence-corrected chi connectivity index (χ1v) is 15.7. The molecule has 0 spiro atoms. The second-order valence-corrected chi connectivity index (χ2v) is 18.9. The predicted molar refractivity (Wildman–Crippen MR) is 104 cm³/mol. The summed E-state index contributed by atoms with van der Waals surface area (Å²) in [7, 11) is 0. The number of rotatable bonds is 11. The Bertz CT molecular complexity index is 426. The van der Waals surface area contributed by atoms with Gasteiger partial charge in [-0.25, -0.2) is 0 Å². The van der Waals surface area contributed by atoms with E-state index in [0.29, 0.717) is 47.8 Å². The van der Waals surface area contributed by atoms with Crippen molar-refractivity contribution in [1.82, 2.24) is 0 Å². The minimum absolute atomic E-state index is 0.387. The van der Waals surface area contributed by atoms with E-state index in [1.807, 2.05) is 0 Å². The van der Waals surface area contributed by atoms with Crippen LogP contribution in [0.5, 0.6) is 0 Å². The summed E-state index contributed by atoms with van der Waals surface area (Å²) >= 11 is 0.807. The van der Waals surface area contributed by atoms with E-state index >= 15 is 0 Å². The Morgan fingerprint density at radius 1 is 1.08 bits per heavy atom. The third-order valence-corrected chi connectivity index (χ3v) is 21.7. The van der Waals surface area contributed by atoms with Gasteiger partial charge in [0, 0.05) is 0 Å². The standard InChI is InChI=1S/C23H42I2/c1-7-9-10-11-12-13-19-15-20(19)16-22(5,6)23(14-8-2)24-17-21(25-23)18(3)4/h10-11,18-21H,7-9,12-17H2,1-6H3/q-2/b11-10-.